The minimum Gasteiger partial charge on any atom is -0.461 e. The van der Waals surface area contributed by atoms with Gasteiger partial charge in [0.05, 0.1) is 0 Å². The van der Waals surface area contributed by atoms with E-state index in [0.717, 1.165) is 22.3 Å². The van der Waals surface area contributed by atoms with Gasteiger partial charge in [-0.05, 0) is 30.7 Å². The van der Waals surface area contributed by atoms with Crippen molar-refractivity contribution in [3.8, 4) is 0 Å². The predicted octanol–water partition coefficient (Wildman–Crippen LogP) is 2.66. The average Bonchev–Trinajstić information content (AvgIpc) is 2.91. The molecule has 3 rings (SSSR count). The van der Waals surface area contributed by atoms with Gasteiger partial charge in [0, 0.05) is 18.9 Å². The lowest BCUT2D eigenvalue weighted by molar-refractivity contribution is 0.0945. The van der Waals surface area contributed by atoms with Gasteiger partial charge in [0.15, 0.2) is 5.78 Å². The smallest absolute Gasteiger partial charge is 0.270 e. The van der Waals surface area contributed by atoms with Crippen LogP contribution in [0.5, 0.6) is 0 Å². The number of amides is 1. The fourth-order valence-electron chi connectivity index (χ4n) is 2.27. The van der Waals surface area contributed by atoms with Crippen LogP contribution < -0.4 is 5.32 Å². The number of hydrogen-bond donors (Lipinski definition) is 1. The molecule has 1 N–H and O–H groups in total. The molecule has 6 heteroatoms. The Balaban J connectivity index is 1.72. The number of nitrogens with one attached hydrogen (secondary N) is 1. The Labute approximate surface area is 132 Å². The predicted molar refractivity (Wildman–Crippen MR) is 84.2 cm³/mol. The molecule has 0 bridgehead atoms. The van der Waals surface area contributed by atoms with Crippen LogP contribution in [0, 0.1) is 6.92 Å². The number of benzene rings is 1. The first-order chi connectivity index (χ1) is 11.0. The van der Waals surface area contributed by atoms with Crippen LogP contribution in [0.2, 0.25) is 0 Å². The molecule has 0 atom stereocenters. The summed E-state index contributed by atoms with van der Waals surface area (Å²) in [6.45, 7) is 3.63. The van der Waals surface area contributed by atoms with E-state index in [1.54, 1.807) is 0 Å². The van der Waals surface area contributed by atoms with Crippen LogP contribution in [-0.4, -0.2) is 21.7 Å². The van der Waals surface area contributed by atoms with Crippen molar-refractivity contribution in [1.82, 2.24) is 15.3 Å². The third kappa shape index (κ3) is 3.26. The molecule has 3 aromatic rings. The van der Waals surface area contributed by atoms with Crippen molar-refractivity contribution in [2.75, 3.05) is 0 Å². The van der Waals surface area contributed by atoms with Gasteiger partial charge < -0.3 is 9.73 Å². The van der Waals surface area contributed by atoms with Crippen molar-refractivity contribution in [3.05, 3.63) is 59.4 Å². The number of aromatic nitrogens is 2. The summed E-state index contributed by atoms with van der Waals surface area (Å²) < 4.78 is 5.57. The SMILES string of the molecule is CC(=O)c1cc(C(=O)NCc2ccc3cc(C)oc3c2)ncn1. The molecule has 0 saturated carbocycles. The van der Waals surface area contributed by atoms with Gasteiger partial charge in [-0.25, -0.2) is 9.97 Å². The number of carbonyl (C=O) groups excluding carboxylic acids is 2. The zero-order valence-electron chi connectivity index (χ0n) is 12.8. The zero-order valence-corrected chi connectivity index (χ0v) is 12.8. The van der Waals surface area contributed by atoms with E-state index in [1.807, 2.05) is 31.2 Å². The molecule has 1 aromatic carbocycles. The van der Waals surface area contributed by atoms with Crippen molar-refractivity contribution in [2.45, 2.75) is 20.4 Å². The number of rotatable bonds is 4. The van der Waals surface area contributed by atoms with Crippen molar-refractivity contribution in [2.24, 2.45) is 0 Å². The van der Waals surface area contributed by atoms with Crippen molar-refractivity contribution in [3.63, 3.8) is 0 Å². The molecule has 23 heavy (non-hydrogen) atoms. The summed E-state index contributed by atoms with van der Waals surface area (Å²) in [6.07, 6.45) is 1.21. The van der Waals surface area contributed by atoms with Crippen LogP contribution in [0.4, 0.5) is 0 Å². The Morgan fingerprint density at radius 1 is 1.13 bits per heavy atom. The molecule has 0 aliphatic rings. The Kier molecular flexibility index (Phi) is 3.89. The lowest BCUT2D eigenvalue weighted by atomic mass is 10.1. The summed E-state index contributed by atoms with van der Waals surface area (Å²) in [7, 11) is 0. The van der Waals surface area contributed by atoms with Gasteiger partial charge in [0.1, 0.15) is 29.1 Å². The molecule has 6 nitrogen and oxygen atoms in total. The van der Waals surface area contributed by atoms with E-state index in [-0.39, 0.29) is 23.1 Å². The molecule has 116 valence electrons. The second-order valence-electron chi connectivity index (χ2n) is 5.26. The number of carbonyl (C=O) groups is 2. The number of nitrogens with zero attached hydrogens (tertiary/aromatic N) is 2. The highest BCUT2D eigenvalue weighted by Gasteiger charge is 2.11. The number of aryl methyl sites for hydroxylation is 1. The molecule has 0 aliphatic heterocycles. The molecular formula is C17H15N3O3. The van der Waals surface area contributed by atoms with Crippen LogP contribution in [0.1, 0.15) is 39.2 Å². The molecule has 0 aliphatic carbocycles. The molecule has 0 radical (unpaired) electrons. The monoisotopic (exact) mass is 309 g/mol. The van der Waals surface area contributed by atoms with Crippen molar-refractivity contribution < 1.29 is 14.0 Å². The van der Waals surface area contributed by atoms with Gasteiger partial charge in [-0.15, -0.1) is 0 Å². The summed E-state index contributed by atoms with van der Waals surface area (Å²) in [4.78, 5) is 31.1. The van der Waals surface area contributed by atoms with E-state index in [9.17, 15) is 9.59 Å². The van der Waals surface area contributed by atoms with E-state index >= 15 is 0 Å². The topological polar surface area (TPSA) is 85.1 Å². The minimum atomic E-state index is -0.356. The first-order valence-corrected chi connectivity index (χ1v) is 7.13. The molecule has 0 spiro atoms. The standard InChI is InChI=1S/C17H15N3O3/c1-10-5-13-4-3-12(6-16(13)23-10)8-18-17(22)15-7-14(11(2)21)19-9-20-15/h3-7,9H,8H2,1-2H3,(H,18,22). The fourth-order valence-corrected chi connectivity index (χ4v) is 2.27. The van der Waals surface area contributed by atoms with Crippen LogP contribution in [0.15, 0.2) is 41.1 Å². The fraction of sp³-hybridized carbons (Fsp3) is 0.176. The van der Waals surface area contributed by atoms with Crippen LogP contribution in [0.25, 0.3) is 11.0 Å². The third-order valence-corrected chi connectivity index (χ3v) is 3.42. The maximum atomic E-state index is 12.1. The molecule has 0 unspecified atom stereocenters. The summed E-state index contributed by atoms with van der Waals surface area (Å²) in [5, 5.41) is 3.80. The van der Waals surface area contributed by atoms with Gasteiger partial charge in [0.2, 0.25) is 0 Å². The molecule has 2 aromatic heterocycles. The summed E-state index contributed by atoms with van der Waals surface area (Å²) in [5.74, 6) is 0.282. The molecular weight excluding hydrogens is 294 g/mol. The lowest BCUT2D eigenvalue weighted by Crippen LogP contribution is -2.24. The maximum Gasteiger partial charge on any atom is 0.270 e. The third-order valence-electron chi connectivity index (χ3n) is 3.42. The van der Waals surface area contributed by atoms with E-state index in [0.29, 0.717) is 6.54 Å². The number of furan rings is 1. The summed E-state index contributed by atoms with van der Waals surface area (Å²) in [6, 6.07) is 9.12. The van der Waals surface area contributed by atoms with Gasteiger partial charge in [-0.2, -0.15) is 0 Å². The van der Waals surface area contributed by atoms with Gasteiger partial charge in [0.25, 0.3) is 5.91 Å². The Hall–Kier alpha value is -3.02. The first kappa shape index (κ1) is 14.9. The van der Waals surface area contributed by atoms with Crippen LogP contribution >= 0.6 is 0 Å². The Bertz CT molecular complexity index is 899. The molecule has 1 amide bonds. The number of Topliss-reactive ketones (excluding diaryl/α,β-unsaturated/α-hetero) is 1. The number of hydrogen-bond acceptors (Lipinski definition) is 5. The zero-order chi connectivity index (χ0) is 16.4. The number of fused-ring (bicyclic) bond motifs is 1. The second-order valence-corrected chi connectivity index (χ2v) is 5.26. The van der Waals surface area contributed by atoms with Crippen molar-refractivity contribution in [1.29, 1.82) is 0 Å². The van der Waals surface area contributed by atoms with E-state index in [1.165, 1.54) is 19.3 Å². The van der Waals surface area contributed by atoms with Crippen LogP contribution in [-0.2, 0) is 6.54 Å². The van der Waals surface area contributed by atoms with Gasteiger partial charge in [-0.1, -0.05) is 12.1 Å². The first-order valence-electron chi connectivity index (χ1n) is 7.13. The van der Waals surface area contributed by atoms with E-state index in [2.05, 4.69) is 15.3 Å². The highest BCUT2D eigenvalue weighted by molar-refractivity contribution is 5.97. The second kappa shape index (κ2) is 6.00. The van der Waals surface area contributed by atoms with E-state index < -0.39 is 0 Å². The highest BCUT2D eigenvalue weighted by atomic mass is 16.3. The Morgan fingerprint density at radius 2 is 1.91 bits per heavy atom. The highest BCUT2D eigenvalue weighted by Crippen LogP contribution is 2.20. The molecule has 0 saturated heterocycles. The summed E-state index contributed by atoms with van der Waals surface area (Å²) in [5.41, 5.74) is 2.09. The maximum absolute atomic E-state index is 12.1. The average molecular weight is 309 g/mol. The van der Waals surface area contributed by atoms with Crippen molar-refractivity contribution >= 4 is 22.7 Å². The lowest BCUT2D eigenvalue weighted by Gasteiger charge is -2.05. The Morgan fingerprint density at radius 3 is 2.70 bits per heavy atom. The largest absolute Gasteiger partial charge is 0.461 e. The molecule has 0 fully saturated rings. The quantitative estimate of drug-likeness (QED) is 0.749. The molecule has 2 heterocycles. The van der Waals surface area contributed by atoms with Gasteiger partial charge in [-0.3, -0.25) is 9.59 Å². The van der Waals surface area contributed by atoms with E-state index in [4.69, 9.17) is 4.42 Å². The summed E-state index contributed by atoms with van der Waals surface area (Å²) >= 11 is 0. The minimum absolute atomic E-state index is 0.167. The normalized spacial score (nSPS) is 10.7. The van der Waals surface area contributed by atoms with Gasteiger partial charge >= 0.3 is 0 Å². The van der Waals surface area contributed by atoms with Crippen LogP contribution in [0.3, 0.4) is 0 Å². The number of ketones is 1.